The normalized spacial score (nSPS) is 19.1. The first-order chi connectivity index (χ1) is 11.6. The van der Waals surface area contributed by atoms with Crippen LogP contribution in [0.2, 0.25) is 0 Å². The van der Waals surface area contributed by atoms with Crippen LogP contribution in [0.1, 0.15) is 44.0 Å². The van der Waals surface area contributed by atoms with Gasteiger partial charge in [-0.1, -0.05) is 0 Å². The summed E-state index contributed by atoms with van der Waals surface area (Å²) in [4.78, 5) is 28.7. The van der Waals surface area contributed by atoms with Gasteiger partial charge in [-0.05, 0) is 74.4 Å². The molecule has 25 heavy (non-hydrogen) atoms. The predicted molar refractivity (Wildman–Crippen MR) is 99.9 cm³/mol. The van der Waals surface area contributed by atoms with Crippen molar-refractivity contribution in [1.29, 1.82) is 0 Å². The molecule has 0 aromatic heterocycles. The Morgan fingerprint density at radius 2 is 1.88 bits per heavy atom. The first-order valence-corrected chi connectivity index (χ1v) is 9.44. The first-order valence-electron chi connectivity index (χ1n) is 8.36. The molecule has 1 spiro atoms. The van der Waals surface area contributed by atoms with Gasteiger partial charge in [-0.2, -0.15) is 0 Å². The molecule has 0 radical (unpaired) electrons. The second-order valence-corrected chi connectivity index (χ2v) is 8.99. The third kappa shape index (κ3) is 4.07. The highest BCUT2D eigenvalue weighted by Crippen LogP contribution is 2.45. The van der Waals surface area contributed by atoms with Gasteiger partial charge >= 0.3 is 6.09 Å². The molecular weight excluding hydrogens is 438 g/mol. The van der Waals surface area contributed by atoms with Gasteiger partial charge in [0.25, 0.3) is 5.91 Å². The van der Waals surface area contributed by atoms with E-state index in [0.717, 1.165) is 12.8 Å². The Labute approximate surface area is 160 Å². The first kappa shape index (κ1) is 18.4. The summed E-state index contributed by atoms with van der Waals surface area (Å²) in [5.41, 5.74) is -0.510. The zero-order valence-electron chi connectivity index (χ0n) is 14.6. The fourth-order valence-electron chi connectivity index (χ4n) is 3.18. The average molecular weight is 460 g/mol. The van der Waals surface area contributed by atoms with E-state index in [-0.39, 0.29) is 17.5 Å². The third-order valence-corrected chi connectivity index (χ3v) is 5.11. The Bertz CT molecular complexity index is 693. The second kappa shape index (κ2) is 6.41. The van der Waals surface area contributed by atoms with E-state index in [1.807, 2.05) is 43.4 Å². The van der Waals surface area contributed by atoms with Crippen LogP contribution in [0, 0.1) is 9.39 Å². The number of ether oxygens (including phenoxy) is 1. The SMILES string of the molecule is CC(C)(C)OC(=O)N1CCN(C(=O)c2cc(F)cc(I)c2)C2(CC2)C1. The molecule has 136 valence electrons. The summed E-state index contributed by atoms with van der Waals surface area (Å²) < 4.78 is 19.8. The number of carbonyl (C=O) groups is 2. The fourth-order valence-corrected chi connectivity index (χ4v) is 3.82. The zero-order chi connectivity index (χ0) is 18.4. The number of halogens is 2. The Balaban J connectivity index is 1.74. The molecule has 7 heteroatoms. The average Bonchev–Trinajstić information content (AvgIpc) is 3.23. The topological polar surface area (TPSA) is 49.9 Å². The molecule has 0 N–H and O–H groups in total. The van der Waals surface area contributed by atoms with E-state index in [1.54, 1.807) is 15.9 Å². The lowest BCUT2D eigenvalue weighted by atomic mass is 10.1. The maximum absolute atomic E-state index is 13.6. The number of piperazine rings is 1. The minimum atomic E-state index is -0.543. The van der Waals surface area contributed by atoms with Crippen molar-refractivity contribution in [1.82, 2.24) is 9.80 Å². The number of hydrogen-bond donors (Lipinski definition) is 0. The van der Waals surface area contributed by atoms with Gasteiger partial charge in [0, 0.05) is 28.8 Å². The number of nitrogens with zero attached hydrogens (tertiary/aromatic N) is 2. The van der Waals surface area contributed by atoms with Crippen molar-refractivity contribution in [3.8, 4) is 0 Å². The van der Waals surface area contributed by atoms with Gasteiger partial charge in [0.1, 0.15) is 11.4 Å². The van der Waals surface area contributed by atoms with Gasteiger partial charge in [0.2, 0.25) is 0 Å². The molecule has 1 aliphatic heterocycles. The van der Waals surface area contributed by atoms with Gasteiger partial charge in [0.05, 0.1) is 5.54 Å². The van der Waals surface area contributed by atoms with Crippen molar-refractivity contribution in [2.75, 3.05) is 19.6 Å². The molecular formula is C18H22FIN2O3. The van der Waals surface area contributed by atoms with Crippen LogP contribution in [0.3, 0.4) is 0 Å². The minimum Gasteiger partial charge on any atom is -0.444 e. The number of hydrogen-bond acceptors (Lipinski definition) is 3. The van der Waals surface area contributed by atoms with E-state index in [2.05, 4.69) is 0 Å². The van der Waals surface area contributed by atoms with Crippen molar-refractivity contribution in [2.45, 2.75) is 44.8 Å². The van der Waals surface area contributed by atoms with Crippen LogP contribution >= 0.6 is 22.6 Å². The van der Waals surface area contributed by atoms with E-state index >= 15 is 0 Å². The van der Waals surface area contributed by atoms with Crippen molar-refractivity contribution < 1.29 is 18.7 Å². The van der Waals surface area contributed by atoms with Gasteiger partial charge in [0.15, 0.2) is 0 Å². The Morgan fingerprint density at radius 1 is 1.20 bits per heavy atom. The molecule has 1 aromatic rings. The molecule has 1 aromatic carbocycles. The third-order valence-electron chi connectivity index (χ3n) is 4.48. The Hall–Kier alpha value is -1.38. The minimum absolute atomic E-state index is 0.168. The van der Waals surface area contributed by atoms with E-state index in [4.69, 9.17) is 4.74 Å². The predicted octanol–water partition coefficient (Wildman–Crippen LogP) is 3.66. The second-order valence-electron chi connectivity index (χ2n) is 7.74. The van der Waals surface area contributed by atoms with Crippen LogP contribution < -0.4 is 0 Å². The van der Waals surface area contributed by atoms with Crippen molar-refractivity contribution in [3.05, 3.63) is 33.1 Å². The standard InChI is InChI=1S/C18H22FIN2O3/c1-17(2,3)25-16(24)21-6-7-22(18(11-21)4-5-18)15(23)12-8-13(19)10-14(20)9-12/h8-10H,4-7,11H2,1-3H3. The highest BCUT2D eigenvalue weighted by atomic mass is 127. The maximum Gasteiger partial charge on any atom is 0.410 e. The molecule has 2 aliphatic rings. The summed E-state index contributed by atoms with van der Waals surface area (Å²) >= 11 is 2.00. The van der Waals surface area contributed by atoms with Crippen LogP contribution in [0.4, 0.5) is 9.18 Å². The Morgan fingerprint density at radius 3 is 2.44 bits per heavy atom. The van der Waals surface area contributed by atoms with Gasteiger partial charge in [-0.3, -0.25) is 4.79 Å². The monoisotopic (exact) mass is 460 g/mol. The van der Waals surface area contributed by atoms with Crippen LogP contribution in [0.25, 0.3) is 0 Å². The lowest BCUT2D eigenvalue weighted by Gasteiger charge is -2.42. The van der Waals surface area contributed by atoms with Gasteiger partial charge < -0.3 is 14.5 Å². The molecule has 0 atom stereocenters. The van der Waals surface area contributed by atoms with E-state index in [1.165, 1.54) is 12.1 Å². The fraction of sp³-hybridized carbons (Fsp3) is 0.556. The molecule has 1 saturated heterocycles. The number of benzene rings is 1. The molecule has 5 nitrogen and oxygen atoms in total. The molecule has 1 saturated carbocycles. The smallest absolute Gasteiger partial charge is 0.410 e. The van der Waals surface area contributed by atoms with Crippen molar-refractivity contribution in [2.24, 2.45) is 0 Å². The summed E-state index contributed by atoms with van der Waals surface area (Å²) in [6.07, 6.45) is 1.36. The zero-order valence-corrected chi connectivity index (χ0v) is 16.8. The molecule has 1 aliphatic carbocycles. The Kier molecular flexibility index (Phi) is 4.72. The number of amides is 2. The van der Waals surface area contributed by atoms with Crippen molar-refractivity contribution >= 4 is 34.6 Å². The summed E-state index contributed by atoms with van der Waals surface area (Å²) in [7, 11) is 0. The van der Waals surface area contributed by atoms with Crippen LogP contribution in [0.15, 0.2) is 18.2 Å². The summed E-state index contributed by atoms with van der Waals surface area (Å²) in [5.74, 6) is -0.578. The van der Waals surface area contributed by atoms with Crippen LogP contribution in [0.5, 0.6) is 0 Å². The molecule has 2 fully saturated rings. The van der Waals surface area contributed by atoms with E-state index in [9.17, 15) is 14.0 Å². The molecule has 0 unspecified atom stereocenters. The van der Waals surface area contributed by atoms with E-state index < -0.39 is 11.4 Å². The lowest BCUT2D eigenvalue weighted by Crippen LogP contribution is -2.58. The maximum atomic E-state index is 13.6. The highest BCUT2D eigenvalue weighted by molar-refractivity contribution is 14.1. The van der Waals surface area contributed by atoms with E-state index in [0.29, 0.717) is 28.8 Å². The number of rotatable bonds is 1. The summed E-state index contributed by atoms with van der Waals surface area (Å²) in [6.45, 7) is 6.84. The van der Waals surface area contributed by atoms with Gasteiger partial charge in [-0.25, -0.2) is 9.18 Å². The lowest BCUT2D eigenvalue weighted by molar-refractivity contribution is 0.000627. The molecule has 0 bridgehead atoms. The quantitative estimate of drug-likeness (QED) is 0.602. The van der Waals surface area contributed by atoms with Crippen molar-refractivity contribution in [3.63, 3.8) is 0 Å². The molecule has 1 heterocycles. The highest BCUT2D eigenvalue weighted by Gasteiger charge is 2.54. The van der Waals surface area contributed by atoms with Gasteiger partial charge in [-0.15, -0.1) is 0 Å². The summed E-state index contributed by atoms with van der Waals surface area (Å²) in [5, 5.41) is 0. The van der Waals surface area contributed by atoms with Crippen LogP contribution in [-0.4, -0.2) is 52.6 Å². The number of carbonyl (C=O) groups excluding carboxylic acids is 2. The largest absolute Gasteiger partial charge is 0.444 e. The summed E-state index contributed by atoms with van der Waals surface area (Å²) in [6, 6.07) is 4.37. The molecule has 3 rings (SSSR count). The van der Waals surface area contributed by atoms with Crippen LogP contribution in [-0.2, 0) is 4.74 Å². The molecule has 2 amide bonds.